The van der Waals surface area contributed by atoms with E-state index in [4.69, 9.17) is 29.8 Å². The van der Waals surface area contributed by atoms with Gasteiger partial charge in [0.2, 0.25) is 0 Å². The molecule has 0 saturated heterocycles. The van der Waals surface area contributed by atoms with E-state index in [0.717, 1.165) is 0 Å². The van der Waals surface area contributed by atoms with Gasteiger partial charge in [0.1, 0.15) is 23.7 Å². The molecule has 0 saturated carbocycles. The Hall–Kier alpha value is 0.510. The van der Waals surface area contributed by atoms with Crippen LogP contribution in [0.25, 0.3) is 0 Å². The molecule has 0 amide bonds. The first-order valence-electron chi connectivity index (χ1n) is 7.95. The van der Waals surface area contributed by atoms with Gasteiger partial charge in [0.25, 0.3) is 0 Å². The summed E-state index contributed by atoms with van der Waals surface area (Å²) < 4.78 is 20.8. The molecule has 8 nitrogen and oxygen atoms in total. The van der Waals surface area contributed by atoms with E-state index >= 15 is 0 Å². The number of halogens is 2. The van der Waals surface area contributed by atoms with E-state index in [1.54, 1.807) is 7.11 Å². The van der Waals surface area contributed by atoms with Gasteiger partial charge in [-0.2, -0.15) is 13.5 Å². The summed E-state index contributed by atoms with van der Waals surface area (Å²) in [6.07, 6.45) is 1.85. The van der Waals surface area contributed by atoms with Crippen molar-refractivity contribution < 1.29 is 46.4 Å². The molecule has 2 unspecified atom stereocenters. The average molecular weight is 476 g/mol. The predicted molar refractivity (Wildman–Crippen MR) is 111 cm³/mol. The predicted octanol–water partition coefficient (Wildman–Crippen LogP) is -3.37. The number of aliphatic hydroxyl groups is 1. The molecule has 0 rings (SSSR count). The van der Waals surface area contributed by atoms with Gasteiger partial charge in [-0.25, -0.2) is 0 Å². The minimum Gasteiger partial charge on any atom is -1.00 e. The van der Waals surface area contributed by atoms with Gasteiger partial charge in [0, 0.05) is 13.5 Å². The van der Waals surface area contributed by atoms with Crippen molar-refractivity contribution >= 4 is 42.8 Å². The number of hydrogen-bond acceptors (Lipinski definition) is 7. The fraction of sp³-hybridized carbons (Fsp3) is 0.933. The van der Waals surface area contributed by atoms with Crippen LogP contribution in [-0.2, 0) is 34.6 Å². The molecule has 0 heterocycles. The number of methoxy groups -OCH3 is 1. The summed E-state index contributed by atoms with van der Waals surface area (Å²) in [6, 6.07) is -0.830. The van der Waals surface area contributed by atoms with Crippen LogP contribution in [0, 0.1) is 0 Å². The van der Waals surface area contributed by atoms with Crippen molar-refractivity contribution in [1.29, 1.82) is 0 Å². The molecule has 4 N–H and O–H groups in total. The number of carboxylic acid groups (broad SMARTS) is 1. The third-order valence-electron chi connectivity index (χ3n) is 3.06. The lowest BCUT2D eigenvalue weighted by Gasteiger charge is -2.12. The largest absolute Gasteiger partial charge is 1.00 e. The summed E-state index contributed by atoms with van der Waals surface area (Å²) in [6.45, 7) is 3.25. The van der Waals surface area contributed by atoms with Gasteiger partial charge in [-0.3, -0.25) is 4.79 Å². The normalized spacial score (nSPS) is 13.5. The Bertz CT molecular complexity index is 324. The summed E-state index contributed by atoms with van der Waals surface area (Å²) in [4.78, 5) is 10.6. The first-order valence-corrected chi connectivity index (χ1v) is 9.92. The van der Waals surface area contributed by atoms with Crippen molar-refractivity contribution in [3.05, 3.63) is 0 Å². The molecule has 27 heavy (non-hydrogen) atoms. The van der Waals surface area contributed by atoms with Gasteiger partial charge in [0.15, 0.2) is 0 Å². The lowest BCUT2D eigenvalue weighted by atomic mass is 10.2. The van der Waals surface area contributed by atoms with E-state index in [9.17, 15) is 9.90 Å². The topological polar surface area (TPSA) is 120 Å². The van der Waals surface area contributed by atoms with Gasteiger partial charge in [-0.1, -0.05) is 0 Å². The van der Waals surface area contributed by atoms with Gasteiger partial charge in [-0.15, -0.1) is 12.4 Å². The highest BCUT2D eigenvalue weighted by Crippen LogP contribution is 2.01. The van der Waals surface area contributed by atoms with Crippen molar-refractivity contribution in [3.8, 4) is 0 Å². The van der Waals surface area contributed by atoms with E-state index in [2.05, 4.69) is 0 Å². The second kappa shape index (κ2) is 24.5. The fourth-order valence-corrected chi connectivity index (χ4v) is 3.29. The van der Waals surface area contributed by atoms with Crippen molar-refractivity contribution in [2.75, 3.05) is 71.1 Å². The van der Waals surface area contributed by atoms with E-state index in [-0.39, 0.29) is 55.8 Å². The summed E-state index contributed by atoms with van der Waals surface area (Å²) in [5.74, 6) is 0.289. The van der Waals surface area contributed by atoms with Crippen molar-refractivity contribution in [1.82, 2.24) is 0 Å². The molecule has 0 radical (unpaired) electrons. The molecule has 0 aromatic carbocycles. The Morgan fingerprint density at radius 1 is 1.07 bits per heavy atom. The molecule has 0 aromatic heterocycles. The summed E-state index contributed by atoms with van der Waals surface area (Å²) in [7, 11) is 1.54. The first-order chi connectivity index (χ1) is 11.5. The summed E-state index contributed by atoms with van der Waals surface area (Å²) >= 11 is 0. The Labute approximate surface area is 184 Å². The van der Waals surface area contributed by atoms with E-state index in [1.807, 2.05) is 6.26 Å². The standard InChI is InChI=1S/C15H31NO7S.2ClH.H2S/c1-20-4-5-21-6-7-22-8-9-23-11-13(17)12-24(2)10-3-14(16)15(18)19;;;/h13-14,17H,3-12,16H2,1-2H3;2*1H;1H2/t13?,14-,24?;;;/m0.../s1. The number of aliphatic hydroxyl groups excluding tert-OH is 1. The molecule has 0 aromatic rings. The lowest BCUT2D eigenvalue weighted by Crippen LogP contribution is -3.00. The van der Waals surface area contributed by atoms with Crippen LogP contribution in [0.5, 0.6) is 0 Å². The number of hydrogen-bond donors (Lipinski definition) is 3. The second-order valence-electron chi connectivity index (χ2n) is 5.33. The molecule has 0 aliphatic carbocycles. The van der Waals surface area contributed by atoms with Crippen LogP contribution in [0.2, 0.25) is 0 Å². The van der Waals surface area contributed by atoms with Gasteiger partial charge in [0.05, 0.1) is 52.5 Å². The van der Waals surface area contributed by atoms with Crippen LogP contribution in [-0.4, -0.2) is 99.4 Å². The molecule has 0 fully saturated rings. The Morgan fingerprint density at radius 2 is 1.56 bits per heavy atom. The maximum atomic E-state index is 10.6. The van der Waals surface area contributed by atoms with Crippen LogP contribution in [0.15, 0.2) is 0 Å². The monoisotopic (exact) mass is 475 g/mol. The Morgan fingerprint density at radius 3 is 2.04 bits per heavy atom. The highest BCUT2D eigenvalue weighted by Gasteiger charge is 2.21. The van der Waals surface area contributed by atoms with Gasteiger partial charge in [-0.05, 0) is 10.9 Å². The zero-order valence-electron chi connectivity index (χ0n) is 15.9. The van der Waals surface area contributed by atoms with E-state index in [0.29, 0.717) is 57.6 Å². The number of rotatable bonds is 17. The number of ether oxygens (including phenoxy) is 4. The van der Waals surface area contributed by atoms with Crippen molar-refractivity contribution in [2.24, 2.45) is 5.73 Å². The fourth-order valence-electron chi connectivity index (χ4n) is 1.71. The smallest absolute Gasteiger partial charge is 0.320 e. The minimum absolute atomic E-state index is 0. The third-order valence-corrected chi connectivity index (χ3v) is 4.94. The van der Waals surface area contributed by atoms with E-state index in [1.165, 1.54) is 0 Å². The van der Waals surface area contributed by atoms with Crippen LogP contribution < -0.4 is 18.1 Å². The van der Waals surface area contributed by atoms with Crippen molar-refractivity contribution in [3.63, 3.8) is 0 Å². The van der Waals surface area contributed by atoms with E-state index < -0.39 is 18.1 Å². The van der Waals surface area contributed by atoms with Gasteiger partial charge >= 0.3 is 5.97 Å². The number of carboxylic acids is 1. The maximum absolute atomic E-state index is 10.6. The molecule has 0 aliphatic rings. The Balaban J connectivity index is -0.000000882. The minimum atomic E-state index is -0.986. The summed E-state index contributed by atoms with van der Waals surface area (Å²) in [5.41, 5.74) is 5.46. The van der Waals surface area contributed by atoms with Crippen molar-refractivity contribution in [2.45, 2.75) is 18.6 Å². The highest BCUT2D eigenvalue weighted by atomic mass is 35.5. The Kier molecular flexibility index (Phi) is 31.8. The van der Waals surface area contributed by atoms with Crippen LogP contribution >= 0.6 is 25.9 Å². The second-order valence-corrected chi connectivity index (χ2v) is 7.64. The zero-order valence-corrected chi connectivity index (χ0v) is 19.3. The molecular weight excluding hydrogens is 441 g/mol. The van der Waals surface area contributed by atoms with Gasteiger partial charge < -0.3 is 47.3 Å². The molecule has 12 heteroatoms. The van der Waals surface area contributed by atoms with Crippen LogP contribution in [0.4, 0.5) is 0 Å². The first kappa shape index (κ1) is 35.0. The zero-order chi connectivity index (χ0) is 18.2. The molecule has 0 aliphatic heterocycles. The highest BCUT2D eigenvalue weighted by molar-refractivity contribution is 7.96. The molecule has 0 spiro atoms. The number of aliphatic carboxylic acids is 1. The van der Waals surface area contributed by atoms with Crippen LogP contribution in [0.3, 0.4) is 0 Å². The molecule has 3 atom stereocenters. The quantitative estimate of drug-likeness (QED) is 0.147. The number of nitrogens with two attached hydrogens (primary N) is 1. The maximum Gasteiger partial charge on any atom is 0.320 e. The third kappa shape index (κ3) is 24.5. The SMILES string of the molecule is COCCOCCOCCOCC(O)C[S+](C)CC[C@H](N)C(=O)O.Cl.S.[Cl-]. The lowest BCUT2D eigenvalue weighted by molar-refractivity contribution is -0.138. The number of carbonyl (C=O) groups is 1. The molecule has 168 valence electrons. The summed E-state index contributed by atoms with van der Waals surface area (Å²) in [5, 5.41) is 18.6. The average Bonchev–Trinajstić information content (AvgIpc) is 2.54. The van der Waals surface area contributed by atoms with Crippen LogP contribution in [0.1, 0.15) is 6.42 Å². The molecular formula is C15H35Cl2NO7S2. The molecule has 0 bridgehead atoms.